The van der Waals surface area contributed by atoms with Gasteiger partial charge in [-0.1, -0.05) is 43.7 Å². The zero-order valence-corrected chi connectivity index (χ0v) is 14.0. The van der Waals surface area contributed by atoms with E-state index in [2.05, 4.69) is 22.5 Å². The van der Waals surface area contributed by atoms with E-state index < -0.39 is 0 Å². The molecule has 2 rings (SSSR count). The third kappa shape index (κ3) is 5.84. The maximum absolute atomic E-state index is 12.1. The van der Waals surface area contributed by atoms with E-state index in [1.165, 1.54) is 12.8 Å². The van der Waals surface area contributed by atoms with Crippen molar-refractivity contribution in [3.05, 3.63) is 35.9 Å². The predicted molar refractivity (Wildman–Crippen MR) is 92.4 cm³/mol. The van der Waals surface area contributed by atoms with E-state index in [1.807, 2.05) is 30.3 Å². The number of carbonyl (C=O) groups excluding carboxylic acids is 1. The van der Waals surface area contributed by atoms with Gasteiger partial charge in [-0.2, -0.15) is 0 Å². The van der Waals surface area contributed by atoms with E-state index in [4.69, 9.17) is 0 Å². The molecule has 0 radical (unpaired) electrons. The highest BCUT2D eigenvalue weighted by Gasteiger charge is 2.21. The van der Waals surface area contributed by atoms with Crippen molar-refractivity contribution in [3.63, 3.8) is 0 Å². The first-order chi connectivity index (χ1) is 11.2. The van der Waals surface area contributed by atoms with Gasteiger partial charge >= 0.3 is 6.03 Å². The van der Waals surface area contributed by atoms with Gasteiger partial charge in [-0.05, 0) is 37.9 Å². The highest BCUT2D eigenvalue weighted by atomic mass is 16.3. The van der Waals surface area contributed by atoms with E-state index >= 15 is 0 Å². The van der Waals surface area contributed by atoms with Gasteiger partial charge in [-0.3, -0.25) is 4.90 Å². The fourth-order valence-electron chi connectivity index (χ4n) is 3.21. The molecule has 1 aromatic carbocycles. The van der Waals surface area contributed by atoms with Crippen LogP contribution in [-0.2, 0) is 6.42 Å². The largest absolute Gasteiger partial charge is 0.394 e. The van der Waals surface area contributed by atoms with Crippen LogP contribution in [0.4, 0.5) is 4.79 Å². The summed E-state index contributed by atoms with van der Waals surface area (Å²) in [7, 11) is 0. The molecule has 1 heterocycles. The molecule has 1 fully saturated rings. The van der Waals surface area contributed by atoms with Crippen LogP contribution in [0.2, 0.25) is 0 Å². The summed E-state index contributed by atoms with van der Waals surface area (Å²) in [4.78, 5) is 14.5. The topological polar surface area (TPSA) is 64.6 Å². The second kappa shape index (κ2) is 9.53. The molecule has 0 saturated carbocycles. The van der Waals surface area contributed by atoms with Crippen molar-refractivity contribution in [3.8, 4) is 0 Å². The average molecular weight is 319 g/mol. The summed E-state index contributed by atoms with van der Waals surface area (Å²) in [5.41, 5.74) is 1.11. The minimum absolute atomic E-state index is 0.0627. The van der Waals surface area contributed by atoms with Crippen molar-refractivity contribution in [1.29, 1.82) is 0 Å². The Morgan fingerprint density at radius 1 is 1.35 bits per heavy atom. The zero-order valence-electron chi connectivity index (χ0n) is 14.0. The van der Waals surface area contributed by atoms with Crippen LogP contribution in [0.15, 0.2) is 30.3 Å². The number of benzene rings is 1. The molecular weight excluding hydrogens is 290 g/mol. The minimum Gasteiger partial charge on any atom is -0.394 e. The number of amides is 2. The van der Waals surface area contributed by atoms with E-state index in [1.54, 1.807) is 0 Å². The number of likely N-dealkylation sites (N-methyl/N-ethyl adjacent to an activating group) is 1. The first-order valence-corrected chi connectivity index (χ1v) is 8.66. The van der Waals surface area contributed by atoms with Gasteiger partial charge in [0.05, 0.1) is 12.6 Å². The molecule has 5 heteroatoms. The standard InChI is InChI=1S/C18H29N3O2/c1-2-21-11-7-6-10-17(21)13-19-18(23)20-16(14-22)12-15-8-4-3-5-9-15/h3-5,8-9,16-17,22H,2,6-7,10-14H2,1H3,(H2,19,20,23). The maximum atomic E-state index is 12.1. The molecule has 0 aromatic heterocycles. The van der Waals surface area contributed by atoms with Gasteiger partial charge in [0.25, 0.3) is 0 Å². The number of urea groups is 1. The second-order valence-corrected chi connectivity index (χ2v) is 6.20. The molecule has 2 unspecified atom stereocenters. The highest BCUT2D eigenvalue weighted by molar-refractivity contribution is 5.74. The highest BCUT2D eigenvalue weighted by Crippen LogP contribution is 2.15. The minimum atomic E-state index is -0.258. The summed E-state index contributed by atoms with van der Waals surface area (Å²) < 4.78 is 0. The molecule has 2 amide bonds. The van der Waals surface area contributed by atoms with Crippen LogP contribution in [-0.4, -0.2) is 54.4 Å². The summed E-state index contributed by atoms with van der Waals surface area (Å²) in [6.45, 7) is 4.93. The number of rotatable bonds is 7. The Morgan fingerprint density at radius 2 is 2.13 bits per heavy atom. The molecule has 2 atom stereocenters. The summed E-state index contributed by atoms with van der Waals surface area (Å²) in [6.07, 6.45) is 4.26. The molecule has 128 valence electrons. The fourth-order valence-corrected chi connectivity index (χ4v) is 3.21. The van der Waals surface area contributed by atoms with Crippen LogP contribution in [0, 0.1) is 0 Å². The van der Waals surface area contributed by atoms with E-state index in [9.17, 15) is 9.90 Å². The molecule has 0 aliphatic carbocycles. The Hall–Kier alpha value is -1.59. The second-order valence-electron chi connectivity index (χ2n) is 6.20. The molecule has 1 aliphatic heterocycles. The Morgan fingerprint density at radius 3 is 2.83 bits per heavy atom. The van der Waals surface area contributed by atoms with Gasteiger partial charge < -0.3 is 15.7 Å². The number of nitrogens with zero attached hydrogens (tertiary/aromatic N) is 1. The lowest BCUT2D eigenvalue weighted by Gasteiger charge is -2.35. The van der Waals surface area contributed by atoms with Gasteiger partial charge in [-0.15, -0.1) is 0 Å². The summed E-state index contributed by atoms with van der Waals surface area (Å²) in [6, 6.07) is 9.88. The van der Waals surface area contributed by atoms with E-state index in [0.29, 0.717) is 19.0 Å². The molecule has 0 bridgehead atoms. The average Bonchev–Trinajstić information content (AvgIpc) is 2.60. The lowest BCUT2D eigenvalue weighted by molar-refractivity contribution is 0.152. The Labute approximate surface area is 139 Å². The number of aliphatic hydroxyl groups is 1. The lowest BCUT2D eigenvalue weighted by Crippen LogP contribution is -2.50. The Kier molecular flexibility index (Phi) is 7.36. The van der Waals surface area contributed by atoms with Crippen LogP contribution in [0.5, 0.6) is 0 Å². The predicted octanol–water partition coefficient (Wildman–Crippen LogP) is 1.76. The summed E-state index contributed by atoms with van der Waals surface area (Å²) >= 11 is 0. The van der Waals surface area contributed by atoms with Crippen molar-refractivity contribution in [2.75, 3.05) is 26.2 Å². The van der Waals surface area contributed by atoms with Crippen LogP contribution < -0.4 is 10.6 Å². The Bertz CT molecular complexity index is 467. The van der Waals surface area contributed by atoms with Gasteiger partial charge in [0.2, 0.25) is 0 Å². The van der Waals surface area contributed by atoms with E-state index in [0.717, 1.165) is 25.1 Å². The molecule has 1 saturated heterocycles. The summed E-state index contributed by atoms with van der Waals surface area (Å²) in [5, 5.41) is 15.3. The SMILES string of the molecule is CCN1CCCCC1CNC(=O)NC(CO)Cc1ccccc1. The molecule has 5 nitrogen and oxygen atoms in total. The van der Waals surface area contributed by atoms with Crippen molar-refractivity contribution in [1.82, 2.24) is 15.5 Å². The zero-order chi connectivity index (χ0) is 16.5. The van der Waals surface area contributed by atoms with Crippen molar-refractivity contribution in [2.24, 2.45) is 0 Å². The number of hydrogen-bond donors (Lipinski definition) is 3. The number of piperidine rings is 1. The molecule has 1 aliphatic rings. The lowest BCUT2D eigenvalue weighted by atomic mass is 10.0. The van der Waals surface area contributed by atoms with Gasteiger partial charge in [0.1, 0.15) is 0 Å². The first kappa shape index (κ1) is 17.8. The van der Waals surface area contributed by atoms with Gasteiger partial charge in [-0.25, -0.2) is 4.79 Å². The number of aliphatic hydroxyl groups excluding tert-OH is 1. The van der Waals surface area contributed by atoms with Crippen molar-refractivity contribution < 1.29 is 9.90 Å². The smallest absolute Gasteiger partial charge is 0.315 e. The van der Waals surface area contributed by atoms with Crippen LogP contribution in [0.3, 0.4) is 0 Å². The van der Waals surface area contributed by atoms with Gasteiger partial charge in [0, 0.05) is 12.6 Å². The third-order valence-electron chi connectivity index (χ3n) is 4.53. The molecule has 23 heavy (non-hydrogen) atoms. The van der Waals surface area contributed by atoms with Crippen LogP contribution in [0.25, 0.3) is 0 Å². The maximum Gasteiger partial charge on any atom is 0.315 e. The number of likely N-dealkylation sites (tertiary alicyclic amines) is 1. The quantitative estimate of drug-likeness (QED) is 0.717. The van der Waals surface area contributed by atoms with Crippen molar-refractivity contribution in [2.45, 2.75) is 44.7 Å². The molecule has 3 N–H and O–H groups in total. The molecule has 1 aromatic rings. The van der Waals surface area contributed by atoms with Crippen LogP contribution in [0.1, 0.15) is 31.7 Å². The Balaban J connectivity index is 1.76. The molecule has 0 spiro atoms. The first-order valence-electron chi connectivity index (χ1n) is 8.66. The normalized spacial score (nSPS) is 20.0. The summed E-state index contributed by atoms with van der Waals surface area (Å²) in [5.74, 6) is 0. The van der Waals surface area contributed by atoms with E-state index in [-0.39, 0.29) is 18.7 Å². The number of nitrogens with one attached hydrogen (secondary N) is 2. The van der Waals surface area contributed by atoms with Crippen LogP contribution >= 0.6 is 0 Å². The fraction of sp³-hybridized carbons (Fsp3) is 0.611. The number of carbonyl (C=O) groups is 1. The monoisotopic (exact) mass is 319 g/mol. The number of hydrogen-bond acceptors (Lipinski definition) is 3. The third-order valence-corrected chi connectivity index (χ3v) is 4.53. The van der Waals surface area contributed by atoms with Gasteiger partial charge in [0.15, 0.2) is 0 Å². The molecular formula is C18H29N3O2. The van der Waals surface area contributed by atoms with Crippen molar-refractivity contribution >= 4 is 6.03 Å².